The van der Waals surface area contributed by atoms with Gasteiger partial charge in [0.1, 0.15) is 5.75 Å². The molecule has 4 rings (SSSR count). The van der Waals surface area contributed by atoms with Crippen molar-refractivity contribution in [2.24, 2.45) is 7.05 Å². The van der Waals surface area contributed by atoms with Gasteiger partial charge >= 0.3 is 0 Å². The van der Waals surface area contributed by atoms with E-state index in [9.17, 15) is 19.5 Å². The maximum atomic E-state index is 12.3. The minimum absolute atomic E-state index is 0.0102. The molecule has 6 heteroatoms. The number of hydrogen-bond acceptors (Lipinski definition) is 4. The molecule has 24 heavy (non-hydrogen) atoms. The molecule has 0 atom stereocenters. The first-order valence-corrected chi connectivity index (χ1v) is 7.28. The molecular formula is C18H12N2O4. The van der Waals surface area contributed by atoms with Crippen molar-refractivity contribution in [3.05, 3.63) is 53.2 Å². The highest BCUT2D eigenvalue weighted by Gasteiger charge is 2.33. The first kappa shape index (κ1) is 14.2. The number of aldehydes is 1. The minimum atomic E-state index is -0.508. The zero-order valence-corrected chi connectivity index (χ0v) is 12.7. The van der Waals surface area contributed by atoms with E-state index in [4.69, 9.17) is 0 Å². The van der Waals surface area contributed by atoms with Gasteiger partial charge in [-0.1, -0.05) is 18.2 Å². The highest BCUT2D eigenvalue weighted by atomic mass is 16.3. The number of nitrogens with zero attached hydrogens (tertiary/aromatic N) is 1. The van der Waals surface area contributed by atoms with Gasteiger partial charge < -0.3 is 9.67 Å². The molecule has 6 nitrogen and oxygen atoms in total. The molecule has 1 aliphatic heterocycles. The number of aromatic hydroxyl groups is 1. The molecule has 0 unspecified atom stereocenters. The Labute approximate surface area is 136 Å². The van der Waals surface area contributed by atoms with Gasteiger partial charge in [-0.25, -0.2) is 0 Å². The van der Waals surface area contributed by atoms with Crippen LogP contribution in [0.15, 0.2) is 36.4 Å². The van der Waals surface area contributed by atoms with Crippen molar-refractivity contribution in [3.8, 4) is 16.9 Å². The van der Waals surface area contributed by atoms with E-state index in [0.29, 0.717) is 34.0 Å². The third-order valence-corrected chi connectivity index (χ3v) is 4.38. The van der Waals surface area contributed by atoms with Gasteiger partial charge in [0.15, 0.2) is 6.29 Å². The molecule has 0 saturated heterocycles. The fourth-order valence-electron chi connectivity index (χ4n) is 3.22. The molecule has 1 aliphatic rings. The normalized spacial score (nSPS) is 13.2. The summed E-state index contributed by atoms with van der Waals surface area (Å²) < 4.78 is 1.65. The van der Waals surface area contributed by atoms with E-state index < -0.39 is 11.8 Å². The summed E-state index contributed by atoms with van der Waals surface area (Å²) in [6, 6.07) is 9.92. The zero-order valence-electron chi connectivity index (χ0n) is 12.7. The van der Waals surface area contributed by atoms with Crippen LogP contribution in [0.1, 0.15) is 31.2 Å². The van der Waals surface area contributed by atoms with Gasteiger partial charge in [-0.2, -0.15) is 0 Å². The molecule has 0 saturated carbocycles. The number of carbonyl (C=O) groups excluding carboxylic acids is 3. The number of fused-ring (bicyclic) bond motifs is 3. The average molecular weight is 320 g/mol. The predicted molar refractivity (Wildman–Crippen MR) is 87.2 cm³/mol. The third kappa shape index (κ3) is 1.73. The quantitative estimate of drug-likeness (QED) is 0.560. The molecule has 2 N–H and O–H groups in total. The van der Waals surface area contributed by atoms with Crippen molar-refractivity contribution in [2.75, 3.05) is 0 Å². The smallest absolute Gasteiger partial charge is 0.259 e. The van der Waals surface area contributed by atoms with E-state index in [1.54, 1.807) is 41.9 Å². The van der Waals surface area contributed by atoms with Crippen LogP contribution in [0.25, 0.3) is 22.0 Å². The summed E-state index contributed by atoms with van der Waals surface area (Å²) in [5, 5.41) is 13.0. The van der Waals surface area contributed by atoms with Crippen molar-refractivity contribution in [1.82, 2.24) is 9.88 Å². The van der Waals surface area contributed by atoms with Crippen LogP contribution in [0.4, 0.5) is 0 Å². The number of phenols is 1. The number of carbonyl (C=O) groups is 3. The number of benzene rings is 2. The van der Waals surface area contributed by atoms with Gasteiger partial charge in [-0.05, 0) is 18.2 Å². The van der Waals surface area contributed by atoms with E-state index in [-0.39, 0.29) is 16.9 Å². The molecule has 0 bridgehead atoms. The maximum Gasteiger partial charge on any atom is 0.259 e. The molecule has 2 aromatic carbocycles. The van der Waals surface area contributed by atoms with E-state index in [2.05, 4.69) is 5.32 Å². The molecule has 0 fully saturated rings. The molecule has 2 heterocycles. The summed E-state index contributed by atoms with van der Waals surface area (Å²) in [6.07, 6.45) is 0.695. The Balaban J connectivity index is 2.20. The van der Waals surface area contributed by atoms with Crippen LogP contribution in [0, 0.1) is 0 Å². The molecule has 0 radical (unpaired) electrons. The summed E-state index contributed by atoms with van der Waals surface area (Å²) in [5.41, 5.74) is 2.40. The van der Waals surface area contributed by atoms with Crippen LogP contribution < -0.4 is 5.32 Å². The van der Waals surface area contributed by atoms with Crippen molar-refractivity contribution in [1.29, 1.82) is 0 Å². The lowest BCUT2D eigenvalue weighted by Gasteiger charge is -2.10. The van der Waals surface area contributed by atoms with Gasteiger partial charge in [0.25, 0.3) is 11.8 Å². The largest absolute Gasteiger partial charge is 0.507 e. The van der Waals surface area contributed by atoms with Crippen molar-refractivity contribution in [3.63, 3.8) is 0 Å². The number of aromatic nitrogens is 1. The summed E-state index contributed by atoms with van der Waals surface area (Å²) in [4.78, 5) is 35.8. The van der Waals surface area contributed by atoms with Crippen molar-refractivity contribution in [2.45, 2.75) is 0 Å². The van der Waals surface area contributed by atoms with Crippen LogP contribution in [0.3, 0.4) is 0 Å². The van der Waals surface area contributed by atoms with Gasteiger partial charge in [-0.15, -0.1) is 0 Å². The number of aryl methyl sites for hydroxylation is 1. The third-order valence-electron chi connectivity index (χ3n) is 4.38. The van der Waals surface area contributed by atoms with E-state index in [1.165, 1.54) is 6.07 Å². The van der Waals surface area contributed by atoms with Crippen LogP contribution in [0.5, 0.6) is 5.75 Å². The topological polar surface area (TPSA) is 88.4 Å². The fraction of sp³-hybridized carbons (Fsp3) is 0.0556. The lowest BCUT2D eigenvalue weighted by atomic mass is 9.93. The Morgan fingerprint density at radius 3 is 2.46 bits per heavy atom. The Morgan fingerprint density at radius 1 is 1.04 bits per heavy atom. The number of phenolic OH excluding ortho intramolecular Hbond substituents is 1. The minimum Gasteiger partial charge on any atom is -0.507 e. The number of rotatable bonds is 2. The van der Waals surface area contributed by atoms with Gasteiger partial charge in [0.2, 0.25) is 0 Å². The Kier molecular flexibility index (Phi) is 2.83. The van der Waals surface area contributed by atoms with Crippen molar-refractivity contribution < 1.29 is 19.5 Å². The second-order valence-corrected chi connectivity index (χ2v) is 5.65. The maximum absolute atomic E-state index is 12.3. The highest BCUT2D eigenvalue weighted by Crippen LogP contribution is 2.39. The predicted octanol–water partition coefficient (Wildman–Crippen LogP) is 2.25. The molecular weight excluding hydrogens is 308 g/mol. The summed E-state index contributed by atoms with van der Waals surface area (Å²) in [7, 11) is 1.71. The average Bonchev–Trinajstić information content (AvgIpc) is 3.04. The SMILES string of the molecule is Cn1c(C=O)cc2c3c(c(-c4ccccc4O)cc21)C(=O)NC3=O. The number of nitrogens with one attached hydrogen (secondary N) is 1. The van der Waals surface area contributed by atoms with Crippen LogP contribution in [-0.2, 0) is 7.05 Å². The first-order valence-electron chi connectivity index (χ1n) is 7.28. The molecule has 3 aromatic rings. The van der Waals surface area contributed by atoms with Crippen LogP contribution in [-0.4, -0.2) is 27.8 Å². The summed E-state index contributed by atoms with van der Waals surface area (Å²) >= 11 is 0. The number of imide groups is 1. The van der Waals surface area contributed by atoms with E-state index in [1.807, 2.05) is 0 Å². The number of amides is 2. The molecule has 118 valence electrons. The highest BCUT2D eigenvalue weighted by molar-refractivity contribution is 6.29. The Morgan fingerprint density at radius 2 is 1.75 bits per heavy atom. The van der Waals surface area contributed by atoms with Gasteiger partial charge in [0, 0.05) is 29.1 Å². The lowest BCUT2D eigenvalue weighted by molar-refractivity contribution is 0.0880. The van der Waals surface area contributed by atoms with Gasteiger partial charge in [0.05, 0.1) is 16.8 Å². The lowest BCUT2D eigenvalue weighted by Crippen LogP contribution is -2.20. The van der Waals surface area contributed by atoms with E-state index in [0.717, 1.165) is 0 Å². The van der Waals surface area contributed by atoms with Crippen molar-refractivity contribution >= 4 is 29.0 Å². The molecule has 0 aliphatic carbocycles. The standard InChI is InChI=1S/C18H12N2O4/c1-20-9(8-21)6-12-13(20)7-11(10-4-2-3-5-14(10)22)15-16(12)18(24)19-17(15)23/h2-8,22H,1H3,(H,19,23,24). The monoisotopic (exact) mass is 320 g/mol. The second kappa shape index (κ2) is 4.79. The first-order chi connectivity index (χ1) is 11.5. The van der Waals surface area contributed by atoms with E-state index >= 15 is 0 Å². The zero-order chi connectivity index (χ0) is 17.0. The van der Waals surface area contributed by atoms with Gasteiger partial charge in [-0.3, -0.25) is 19.7 Å². The number of hydrogen-bond donors (Lipinski definition) is 2. The Bertz CT molecular complexity index is 1060. The van der Waals surface area contributed by atoms with Crippen LogP contribution >= 0.6 is 0 Å². The molecule has 0 spiro atoms. The summed E-state index contributed by atoms with van der Waals surface area (Å²) in [5.74, 6) is -0.997. The molecule has 1 aromatic heterocycles. The Hall–Kier alpha value is -3.41. The number of para-hydroxylation sites is 1. The second-order valence-electron chi connectivity index (χ2n) is 5.65. The van der Waals surface area contributed by atoms with Crippen LogP contribution in [0.2, 0.25) is 0 Å². The summed E-state index contributed by atoms with van der Waals surface area (Å²) in [6.45, 7) is 0. The molecule has 2 amide bonds. The fourth-order valence-corrected chi connectivity index (χ4v) is 3.22.